The van der Waals surface area contributed by atoms with Gasteiger partial charge in [0.25, 0.3) is 0 Å². The molecule has 96 valence electrons. The minimum Gasteiger partial charge on any atom is -0.446 e. The Bertz CT molecular complexity index is 316. The van der Waals surface area contributed by atoms with Crippen molar-refractivity contribution in [2.75, 3.05) is 13.6 Å². The Hall–Kier alpha value is -0.830. The van der Waals surface area contributed by atoms with Gasteiger partial charge in [0.2, 0.25) is 0 Å². The van der Waals surface area contributed by atoms with Crippen molar-refractivity contribution in [3.63, 3.8) is 0 Å². The lowest BCUT2D eigenvalue weighted by atomic mass is 9.86. The first-order chi connectivity index (χ1) is 8.38. The monoisotopic (exact) mass is 236 g/mol. The molecule has 0 saturated heterocycles. The maximum Gasteiger partial charge on any atom is 0.194 e. The Balaban J connectivity index is 1.76. The fourth-order valence-corrected chi connectivity index (χ4v) is 2.65. The highest BCUT2D eigenvalue weighted by Crippen LogP contribution is 2.27. The molecule has 17 heavy (non-hydrogen) atoms. The fraction of sp³-hybridized carbons (Fsp3) is 0.786. The van der Waals surface area contributed by atoms with E-state index in [1.807, 2.05) is 13.2 Å². The van der Waals surface area contributed by atoms with Crippen LogP contribution in [0.1, 0.15) is 50.2 Å². The van der Waals surface area contributed by atoms with Crippen LogP contribution in [0.2, 0.25) is 0 Å². The number of rotatable bonds is 6. The zero-order valence-corrected chi connectivity index (χ0v) is 10.9. The summed E-state index contributed by atoms with van der Waals surface area (Å²) < 4.78 is 5.79. The largest absolute Gasteiger partial charge is 0.446 e. The van der Waals surface area contributed by atoms with E-state index in [1.165, 1.54) is 32.1 Å². The zero-order valence-electron chi connectivity index (χ0n) is 10.9. The third-order valence-corrected chi connectivity index (χ3v) is 3.63. The topological polar surface area (TPSA) is 38.1 Å². The number of aromatic nitrogens is 1. The number of hydrogen-bond donors (Lipinski definition) is 1. The predicted molar refractivity (Wildman–Crippen MR) is 69.0 cm³/mol. The Kier molecular flexibility index (Phi) is 5.05. The SMILES string of the molecule is CNCCCc1ncc(CC2CCCCC2)o1. The summed E-state index contributed by atoms with van der Waals surface area (Å²) >= 11 is 0. The molecule has 2 rings (SSSR count). The lowest BCUT2D eigenvalue weighted by Crippen LogP contribution is -2.09. The van der Waals surface area contributed by atoms with Crippen LogP contribution in [-0.2, 0) is 12.8 Å². The number of aryl methyl sites for hydroxylation is 1. The van der Waals surface area contributed by atoms with Crippen LogP contribution in [0.3, 0.4) is 0 Å². The fourth-order valence-electron chi connectivity index (χ4n) is 2.65. The molecule has 0 spiro atoms. The molecule has 1 N–H and O–H groups in total. The van der Waals surface area contributed by atoms with Crippen LogP contribution in [0.15, 0.2) is 10.6 Å². The zero-order chi connectivity index (χ0) is 11.9. The molecule has 1 fully saturated rings. The molecule has 0 bridgehead atoms. The first-order valence-electron chi connectivity index (χ1n) is 6.96. The summed E-state index contributed by atoms with van der Waals surface area (Å²) in [6, 6.07) is 0. The van der Waals surface area contributed by atoms with E-state index in [4.69, 9.17) is 4.42 Å². The number of hydrogen-bond acceptors (Lipinski definition) is 3. The van der Waals surface area contributed by atoms with Crippen molar-refractivity contribution < 1.29 is 4.42 Å². The molecular formula is C14H24N2O. The molecule has 1 aliphatic carbocycles. The summed E-state index contributed by atoms with van der Waals surface area (Å²) in [5, 5.41) is 3.14. The molecule has 1 heterocycles. The van der Waals surface area contributed by atoms with Crippen LogP contribution in [-0.4, -0.2) is 18.6 Å². The molecule has 1 aromatic heterocycles. The van der Waals surface area contributed by atoms with Gasteiger partial charge in [0.15, 0.2) is 5.89 Å². The maximum absolute atomic E-state index is 5.79. The normalized spacial score (nSPS) is 17.5. The highest BCUT2D eigenvalue weighted by Gasteiger charge is 2.16. The van der Waals surface area contributed by atoms with Gasteiger partial charge in [0.1, 0.15) is 5.76 Å². The standard InChI is InChI=1S/C14H24N2O/c1-15-9-5-8-14-16-11-13(17-14)10-12-6-3-2-4-7-12/h11-12,15H,2-10H2,1H3. The second kappa shape index (κ2) is 6.80. The molecule has 1 aromatic rings. The van der Waals surface area contributed by atoms with Crippen molar-refractivity contribution in [3.8, 4) is 0 Å². The highest BCUT2D eigenvalue weighted by atomic mass is 16.4. The number of nitrogens with one attached hydrogen (secondary N) is 1. The van der Waals surface area contributed by atoms with Crippen molar-refractivity contribution in [2.45, 2.75) is 51.4 Å². The van der Waals surface area contributed by atoms with Crippen LogP contribution < -0.4 is 5.32 Å². The van der Waals surface area contributed by atoms with E-state index >= 15 is 0 Å². The molecule has 0 unspecified atom stereocenters. The molecule has 0 aliphatic heterocycles. The van der Waals surface area contributed by atoms with Gasteiger partial charge < -0.3 is 9.73 Å². The van der Waals surface area contributed by atoms with Crippen LogP contribution in [0.4, 0.5) is 0 Å². The Morgan fingerprint density at radius 3 is 2.94 bits per heavy atom. The summed E-state index contributed by atoms with van der Waals surface area (Å²) in [6.45, 7) is 1.03. The maximum atomic E-state index is 5.79. The smallest absolute Gasteiger partial charge is 0.194 e. The van der Waals surface area contributed by atoms with Gasteiger partial charge in [-0.05, 0) is 25.9 Å². The molecule has 0 atom stereocenters. The van der Waals surface area contributed by atoms with Gasteiger partial charge in [-0.2, -0.15) is 0 Å². The van der Waals surface area contributed by atoms with Crippen molar-refractivity contribution >= 4 is 0 Å². The highest BCUT2D eigenvalue weighted by molar-refractivity contribution is 4.96. The average molecular weight is 236 g/mol. The van der Waals surface area contributed by atoms with Crippen molar-refractivity contribution in [1.82, 2.24) is 10.3 Å². The lowest BCUT2D eigenvalue weighted by molar-refractivity contribution is 0.328. The second-order valence-electron chi connectivity index (χ2n) is 5.14. The van der Waals surface area contributed by atoms with Crippen molar-refractivity contribution in [3.05, 3.63) is 17.8 Å². The van der Waals surface area contributed by atoms with E-state index in [2.05, 4.69) is 10.3 Å². The van der Waals surface area contributed by atoms with E-state index in [-0.39, 0.29) is 0 Å². The van der Waals surface area contributed by atoms with Crippen molar-refractivity contribution in [2.24, 2.45) is 5.92 Å². The van der Waals surface area contributed by atoms with Crippen molar-refractivity contribution in [1.29, 1.82) is 0 Å². The van der Waals surface area contributed by atoms with Crippen LogP contribution in [0.5, 0.6) is 0 Å². The van der Waals surface area contributed by atoms with Crippen LogP contribution in [0.25, 0.3) is 0 Å². The summed E-state index contributed by atoms with van der Waals surface area (Å²) in [7, 11) is 1.98. The molecule has 1 aliphatic rings. The third kappa shape index (κ3) is 4.15. The molecule has 0 aromatic carbocycles. The van der Waals surface area contributed by atoms with Gasteiger partial charge >= 0.3 is 0 Å². The number of nitrogens with zero attached hydrogens (tertiary/aromatic N) is 1. The van der Waals surface area contributed by atoms with E-state index in [1.54, 1.807) is 0 Å². The van der Waals surface area contributed by atoms with Gasteiger partial charge in [-0.25, -0.2) is 4.98 Å². The molecule has 3 heteroatoms. The Morgan fingerprint density at radius 1 is 1.35 bits per heavy atom. The molecule has 3 nitrogen and oxygen atoms in total. The van der Waals surface area contributed by atoms with Gasteiger partial charge in [0.05, 0.1) is 6.20 Å². The van der Waals surface area contributed by atoms with Crippen LogP contribution >= 0.6 is 0 Å². The molecule has 0 radical (unpaired) electrons. The first kappa shape index (κ1) is 12.6. The Labute approximate surface area is 104 Å². The molecular weight excluding hydrogens is 212 g/mol. The summed E-state index contributed by atoms with van der Waals surface area (Å²) in [4.78, 5) is 4.36. The minimum atomic E-state index is 0.835. The minimum absolute atomic E-state index is 0.835. The quantitative estimate of drug-likeness (QED) is 0.772. The second-order valence-corrected chi connectivity index (χ2v) is 5.14. The van der Waals surface area contributed by atoms with E-state index in [0.29, 0.717) is 0 Å². The summed E-state index contributed by atoms with van der Waals surface area (Å²) in [6.07, 6.45) is 12.0. The van der Waals surface area contributed by atoms with Gasteiger partial charge in [-0.1, -0.05) is 32.1 Å². The van der Waals surface area contributed by atoms with E-state index < -0.39 is 0 Å². The van der Waals surface area contributed by atoms with Gasteiger partial charge in [-0.3, -0.25) is 0 Å². The average Bonchev–Trinajstić information content (AvgIpc) is 2.79. The predicted octanol–water partition coefficient (Wildman–Crippen LogP) is 2.95. The lowest BCUT2D eigenvalue weighted by Gasteiger charge is -2.19. The molecule has 1 saturated carbocycles. The summed E-state index contributed by atoms with van der Waals surface area (Å²) in [5.74, 6) is 2.84. The first-order valence-corrected chi connectivity index (χ1v) is 6.96. The van der Waals surface area contributed by atoms with E-state index in [0.717, 1.165) is 43.4 Å². The Morgan fingerprint density at radius 2 is 2.18 bits per heavy atom. The van der Waals surface area contributed by atoms with Gasteiger partial charge in [0, 0.05) is 12.8 Å². The molecule has 0 amide bonds. The third-order valence-electron chi connectivity index (χ3n) is 3.63. The van der Waals surface area contributed by atoms with E-state index in [9.17, 15) is 0 Å². The van der Waals surface area contributed by atoms with Crippen LogP contribution in [0, 0.1) is 5.92 Å². The van der Waals surface area contributed by atoms with Gasteiger partial charge in [-0.15, -0.1) is 0 Å². The summed E-state index contributed by atoms with van der Waals surface area (Å²) in [5.41, 5.74) is 0. The number of oxazole rings is 1.